The van der Waals surface area contributed by atoms with Crippen LogP contribution in [-0.4, -0.2) is 57.6 Å². The van der Waals surface area contributed by atoms with Crippen LogP contribution in [0, 0.1) is 0 Å². The van der Waals surface area contributed by atoms with E-state index in [0.29, 0.717) is 18.0 Å². The molecule has 1 amide bonds. The molecule has 0 atom stereocenters. The van der Waals surface area contributed by atoms with Crippen LogP contribution in [0.25, 0.3) is 0 Å². The molecule has 0 spiro atoms. The molecule has 2 aromatic carbocycles. The van der Waals surface area contributed by atoms with Crippen molar-refractivity contribution in [3.05, 3.63) is 54.1 Å². The maximum Gasteiger partial charge on any atom is 0.260 e. The standard InChI is InChI=1S/C21H25N3O5S2/c1-3-28-18-9-7-17(8-10-18)24(31(2,26)27)13-21(25)23-22-12-16-5-4-6-19(11-16)29-20-14-30-15-20/h4-12,20H,3,13-15H2,1-2H3,(H,23,25)/b22-12-. The van der Waals surface area contributed by atoms with E-state index in [1.165, 1.54) is 6.21 Å². The van der Waals surface area contributed by atoms with Crippen LogP contribution in [0.2, 0.25) is 0 Å². The minimum atomic E-state index is -3.67. The average Bonchev–Trinajstić information content (AvgIpc) is 2.70. The van der Waals surface area contributed by atoms with E-state index in [-0.39, 0.29) is 6.10 Å². The van der Waals surface area contributed by atoms with Crippen molar-refractivity contribution in [1.29, 1.82) is 0 Å². The molecule has 1 aliphatic rings. The first-order valence-electron chi connectivity index (χ1n) is 9.72. The Morgan fingerprint density at radius 3 is 2.58 bits per heavy atom. The molecular formula is C21H25N3O5S2. The van der Waals surface area contributed by atoms with Crippen molar-refractivity contribution in [2.45, 2.75) is 13.0 Å². The number of benzene rings is 2. The third kappa shape index (κ3) is 6.90. The molecule has 0 aromatic heterocycles. The van der Waals surface area contributed by atoms with Crippen LogP contribution in [0.15, 0.2) is 53.6 Å². The Balaban J connectivity index is 1.60. The van der Waals surface area contributed by atoms with Crippen molar-refractivity contribution < 1.29 is 22.7 Å². The second-order valence-corrected chi connectivity index (χ2v) is 9.82. The lowest BCUT2D eigenvalue weighted by molar-refractivity contribution is -0.119. The maximum absolute atomic E-state index is 12.3. The second kappa shape index (κ2) is 10.5. The molecule has 1 saturated heterocycles. The van der Waals surface area contributed by atoms with Crippen LogP contribution in [0.4, 0.5) is 5.69 Å². The number of nitrogens with zero attached hydrogens (tertiary/aromatic N) is 2. The van der Waals surface area contributed by atoms with Gasteiger partial charge >= 0.3 is 0 Å². The van der Waals surface area contributed by atoms with Gasteiger partial charge in [0, 0.05) is 11.5 Å². The molecule has 1 aliphatic heterocycles. The quantitative estimate of drug-likeness (QED) is 0.430. The summed E-state index contributed by atoms with van der Waals surface area (Å²) >= 11 is 1.84. The Kier molecular flexibility index (Phi) is 7.80. The summed E-state index contributed by atoms with van der Waals surface area (Å²) in [6.07, 6.45) is 2.77. The number of carbonyl (C=O) groups excluding carboxylic acids is 1. The number of carbonyl (C=O) groups is 1. The summed E-state index contributed by atoms with van der Waals surface area (Å²) in [4.78, 5) is 12.3. The largest absolute Gasteiger partial charge is 0.494 e. The number of hydrogen-bond acceptors (Lipinski definition) is 7. The number of hydrogen-bond donors (Lipinski definition) is 1. The lowest BCUT2D eigenvalue weighted by Gasteiger charge is -2.25. The number of hydrazone groups is 1. The summed E-state index contributed by atoms with van der Waals surface area (Å²) in [7, 11) is -3.67. The van der Waals surface area contributed by atoms with E-state index in [1.54, 1.807) is 24.3 Å². The van der Waals surface area contributed by atoms with E-state index in [9.17, 15) is 13.2 Å². The normalized spacial score (nSPS) is 14.1. The summed E-state index contributed by atoms with van der Waals surface area (Å²) in [5, 5.41) is 3.94. The summed E-state index contributed by atoms with van der Waals surface area (Å²) in [5.74, 6) is 2.78. The van der Waals surface area contributed by atoms with Crippen LogP contribution >= 0.6 is 11.8 Å². The molecule has 1 fully saturated rings. The van der Waals surface area contributed by atoms with Gasteiger partial charge < -0.3 is 9.47 Å². The number of amides is 1. The SMILES string of the molecule is CCOc1ccc(N(CC(=O)N/N=C\c2cccc(OC3CSC3)c2)S(C)(=O)=O)cc1. The summed E-state index contributed by atoms with van der Waals surface area (Å²) < 4.78 is 36.6. The van der Waals surface area contributed by atoms with E-state index >= 15 is 0 Å². The Labute approximate surface area is 186 Å². The Hall–Kier alpha value is -2.72. The first-order valence-corrected chi connectivity index (χ1v) is 12.7. The zero-order chi connectivity index (χ0) is 22.3. The number of ether oxygens (including phenoxy) is 2. The van der Waals surface area contributed by atoms with Gasteiger partial charge in [-0.25, -0.2) is 13.8 Å². The van der Waals surface area contributed by atoms with Crippen molar-refractivity contribution in [3.63, 3.8) is 0 Å². The van der Waals surface area contributed by atoms with E-state index in [2.05, 4.69) is 10.5 Å². The summed E-state index contributed by atoms with van der Waals surface area (Å²) in [5.41, 5.74) is 3.50. The zero-order valence-corrected chi connectivity index (χ0v) is 19.0. The predicted molar refractivity (Wildman–Crippen MR) is 124 cm³/mol. The number of sulfonamides is 1. The van der Waals surface area contributed by atoms with Gasteiger partial charge in [-0.05, 0) is 48.9 Å². The fraction of sp³-hybridized carbons (Fsp3) is 0.333. The van der Waals surface area contributed by atoms with Crippen molar-refractivity contribution >= 4 is 39.6 Å². The fourth-order valence-corrected chi connectivity index (χ4v) is 4.18. The van der Waals surface area contributed by atoms with Gasteiger partial charge in [-0.2, -0.15) is 16.9 Å². The molecular weight excluding hydrogens is 438 g/mol. The number of nitrogens with one attached hydrogen (secondary N) is 1. The lowest BCUT2D eigenvalue weighted by atomic mass is 10.2. The smallest absolute Gasteiger partial charge is 0.260 e. The molecule has 8 nitrogen and oxygen atoms in total. The zero-order valence-electron chi connectivity index (χ0n) is 17.4. The molecule has 0 aliphatic carbocycles. The molecule has 10 heteroatoms. The predicted octanol–water partition coefficient (Wildman–Crippen LogP) is 2.50. The second-order valence-electron chi connectivity index (χ2n) is 6.84. The van der Waals surface area contributed by atoms with Gasteiger partial charge in [0.1, 0.15) is 24.1 Å². The van der Waals surface area contributed by atoms with Crippen molar-refractivity contribution in [3.8, 4) is 11.5 Å². The van der Waals surface area contributed by atoms with Crippen LogP contribution in [0.3, 0.4) is 0 Å². The average molecular weight is 464 g/mol. The number of rotatable bonds is 10. The minimum absolute atomic E-state index is 0.237. The highest BCUT2D eigenvalue weighted by molar-refractivity contribution is 8.00. The van der Waals surface area contributed by atoms with Crippen LogP contribution in [-0.2, 0) is 14.8 Å². The van der Waals surface area contributed by atoms with Crippen molar-refractivity contribution in [2.24, 2.45) is 5.10 Å². The molecule has 31 heavy (non-hydrogen) atoms. The van der Waals surface area contributed by atoms with Gasteiger partial charge in [-0.15, -0.1) is 0 Å². The van der Waals surface area contributed by atoms with Gasteiger partial charge in [-0.3, -0.25) is 9.10 Å². The minimum Gasteiger partial charge on any atom is -0.494 e. The first kappa shape index (κ1) is 23.0. The third-order valence-corrected chi connectivity index (χ3v) is 6.65. The topological polar surface area (TPSA) is 97.3 Å². The number of thioether (sulfide) groups is 1. The monoisotopic (exact) mass is 463 g/mol. The summed E-state index contributed by atoms with van der Waals surface area (Å²) in [6.45, 7) is 1.97. The molecule has 3 rings (SSSR count). The van der Waals surface area contributed by atoms with E-state index in [4.69, 9.17) is 9.47 Å². The molecule has 0 unspecified atom stereocenters. The van der Waals surface area contributed by atoms with Gasteiger partial charge in [0.2, 0.25) is 10.0 Å². The molecule has 1 heterocycles. The van der Waals surface area contributed by atoms with Gasteiger partial charge in [0.15, 0.2) is 0 Å². The third-order valence-electron chi connectivity index (χ3n) is 4.29. The Morgan fingerprint density at radius 1 is 1.23 bits per heavy atom. The van der Waals surface area contributed by atoms with E-state index in [1.807, 2.05) is 43.0 Å². The van der Waals surface area contributed by atoms with Crippen LogP contribution < -0.4 is 19.2 Å². The summed E-state index contributed by atoms with van der Waals surface area (Å²) in [6, 6.07) is 13.9. The van der Waals surface area contributed by atoms with Crippen molar-refractivity contribution in [1.82, 2.24) is 5.43 Å². The van der Waals surface area contributed by atoms with Crippen LogP contribution in [0.1, 0.15) is 12.5 Å². The highest BCUT2D eigenvalue weighted by Crippen LogP contribution is 2.24. The lowest BCUT2D eigenvalue weighted by Crippen LogP contribution is -2.39. The molecule has 166 valence electrons. The molecule has 1 N–H and O–H groups in total. The van der Waals surface area contributed by atoms with E-state index in [0.717, 1.165) is 33.4 Å². The van der Waals surface area contributed by atoms with Crippen LogP contribution in [0.5, 0.6) is 11.5 Å². The van der Waals surface area contributed by atoms with Crippen molar-refractivity contribution in [2.75, 3.05) is 35.2 Å². The van der Waals surface area contributed by atoms with Gasteiger partial charge in [0.25, 0.3) is 5.91 Å². The molecule has 0 saturated carbocycles. The number of anilines is 1. The van der Waals surface area contributed by atoms with E-state index < -0.39 is 22.5 Å². The molecule has 2 aromatic rings. The Morgan fingerprint density at radius 2 is 1.97 bits per heavy atom. The first-order chi connectivity index (χ1) is 14.8. The van der Waals surface area contributed by atoms with Gasteiger partial charge in [-0.1, -0.05) is 12.1 Å². The Bertz CT molecular complexity index is 1020. The highest BCUT2D eigenvalue weighted by atomic mass is 32.2. The highest BCUT2D eigenvalue weighted by Gasteiger charge is 2.21. The molecule has 0 radical (unpaired) electrons. The van der Waals surface area contributed by atoms with Gasteiger partial charge in [0.05, 0.1) is 24.8 Å². The molecule has 0 bridgehead atoms. The maximum atomic E-state index is 12.3. The fourth-order valence-electron chi connectivity index (χ4n) is 2.76.